The standard InChI is InChI=1S/C21H12N6O2/c22-9-14-11-23-20-19(14)27(18(28)12-24-20)15-7-6-13-10-25-21(26-17(13)8-15)29-16-4-2-1-3-5-16/h1-8,10-12,23H. The normalized spacial score (nSPS) is 10.9. The lowest BCUT2D eigenvalue weighted by molar-refractivity contribution is 0.444. The minimum Gasteiger partial charge on any atom is -0.424 e. The highest BCUT2D eigenvalue weighted by Crippen LogP contribution is 2.23. The van der Waals surface area contributed by atoms with Gasteiger partial charge in [0.2, 0.25) is 0 Å². The lowest BCUT2D eigenvalue weighted by atomic mass is 10.2. The molecule has 2 aromatic carbocycles. The van der Waals surface area contributed by atoms with Gasteiger partial charge in [-0.1, -0.05) is 18.2 Å². The molecule has 0 aliphatic heterocycles. The Morgan fingerprint density at radius 1 is 1.07 bits per heavy atom. The van der Waals surface area contributed by atoms with E-state index in [-0.39, 0.29) is 11.6 Å². The van der Waals surface area contributed by atoms with Crippen LogP contribution in [0.3, 0.4) is 0 Å². The van der Waals surface area contributed by atoms with Crippen LogP contribution in [0.5, 0.6) is 11.8 Å². The lowest BCUT2D eigenvalue weighted by Gasteiger charge is -2.09. The fourth-order valence-corrected chi connectivity index (χ4v) is 3.14. The van der Waals surface area contributed by atoms with E-state index >= 15 is 0 Å². The van der Waals surface area contributed by atoms with Gasteiger partial charge in [-0.25, -0.2) is 9.97 Å². The molecule has 5 aromatic rings. The highest BCUT2D eigenvalue weighted by molar-refractivity contribution is 5.84. The Morgan fingerprint density at radius 2 is 1.93 bits per heavy atom. The second-order valence-electron chi connectivity index (χ2n) is 6.25. The largest absolute Gasteiger partial charge is 0.424 e. The SMILES string of the molecule is N#Cc1c[nH]c2ncc(=O)n(-c3ccc4cnc(Oc5ccccc5)nc4c3)c12. The van der Waals surface area contributed by atoms with Gasteiger partial charge in [0.05, 0.1) is 23.0 Å². The van der Waals surface area contributed by atoms with Gasteiger partial charge in [-0.15, -0.1) is 0 Å². The third kappa shape index (κ3) is 2.87. The summed E-state index contributed by atoms with van der Waals surface area (Å²) in [5.41, 5.74) is 2.04. The van der Waals surface area contributed by atoms with Crippen molar-refractivity contribution in [2.75, 3.05) is 0 Å². The maximum absolute atomic E-state index is 12.6. The van der Waals surface area contributed by atoms with Crippen molar-refractivity contribution in [1.29, 1.82) is 5.26 Å². The monoisotopic (exact) mass is 380 g/mol. The Kier molecular flexibility index (Phi) is 3.78. The molecule has 0 unspecified atom stereocenters. The maximum atomic E-state index is 12.6. The predicted octanol–water partition coefficient (Wildman–Crippen LogP) is 3.32. The summed E-state index contributed by atoms with van der Waals surface area (Å²) < 4.78 is 7.14. The number of para-hydroxylation sites is 1. The molecule has 0 amide bonds. The van der Waals surface area contributed by atoms with E-state index in [4.69, 9.17) is 4.74 Å². The third-order valence-corrected chi connectivity index (χ3v) is 4.46. The Balaban J connectivity index is 1.66. The van der Waals surface area contributed by atoms with Gasteiger partial charge in [0, 0.05) is 17.8 Å². The van der Waals surface area contributed by atoms with Crippen LogP contribution < -0.4 is 10.3 Å². The molecule has 3 aromatic heterocycles. The molecule has 0 spiro atoms. The highest BCUT2D eigenvalue weighted by atomic mass is 16.5. The molecular weight excluding hydrogens is 368 g/mol. The molecule has 0 atom stereocenters. The number of H-pyrrole nitrogens is 1. The molecule has 3 heterocycles. The number of rotatable bonds is 3. The number of aromatic amines is 1. The molecule has 5 rings (SSSR count). The van der Waals surface area contributed by atoms with E-state index < -0.39 is 0 Å². The van der Waals surface area contributed by atoms with Crippen molar-refractivity contribution in [2.45, 2.75) is 0 Å². The van der Waals surface area contributed by atoms with E-state index in [2.05, 4.69) is 26.0 Å². The zero-order chi connectivity index (χ0) is 19.8. The number of benzene rings is 2. The summed E-state index contributed by atoms with van der Waals surface area (Å²) in [6.45, 7) is 0. The fourth-order valence-electron chi connectivity index (χ4n) is 3.14. The van der Waals surface area contributed by atoms with Crippen LogP contribution in [-0.4, -0.2) is 24.5 Å². The molecule has 0 bridgehead atoms. The summed E-state index contributed by atoms with van der Waals surface area (Å²) in [5, 5.41) is 10.2. The number of nitrogens with zero attached hydrogens (tertiary/aromatic N) is 5. The number of aromatic nitrogens is 5. The van der Waals surface area contributed by atoms with Gasteiger partial charge in [-0.05, 0) is 30.3 Å². The van der Waals surface area contributed by atoms with Gasteiger partial charge < -0.3 is 9.72 Å². The number of nitriles is 1. The summed E-state index contributed by atoms with van der Waals surface area (Å²) in [4.78, 5) is 28.2. The smallest absolute Gasteiger partial charge is 0.322 e. The van der Waals surface area contributed by atoms with E-state index in [9.17, 15) is 10.1 Å². The molecule has 8 heteroatoms. The molecule has 0 radical (unpaired) electrons. The first-order chi connectivity index (χ1) is 14.2. The van der Waals surface area contributed by atoms with Crippen molar-refractivity contribution < 1.29 is 4.74 Å². The Bertz CT molecular complexity index is 1460. The van der Waals surface area contributed by atoms with Crippen LogP contribution in [0, 0.1) is 11.3 Å². The number of nitrogens with one attached hydrogen (secondary N) is 1. The van der Waals surface area contributed by atoms with Gasteiger partial charge >= 0.3 is 6.01 Å². The minimum atomic E-state index is -0.345. The first-order valence-corrected chi connectivity index (χ1v) is 8.72. The Morgan fingerprint density at radius 3 is 2.76 bits per heavy atom. The number of fused-ring (bicyclic) bond motifs is 2. The predicted molar refractivity (Wildman–Crippen MR) is 106 cm³/mol. The molecular formula is C21H12N6O2. The number of ether oxygens (including phenoxy) is 1. The Labute approximate surface area is 163 Å². The van der Waals surface area contributed by atoms with Gasteiger partial charge in [0.25, 0.3) is 5.56 Å². The van der Waals surface area contributed by atoms with Gasteiger partial charge in [-0.3, -0.25) is 9.36 Å². The van der Waals surface area contributed by atoms with E-state index in [1.54, 1.807) is 18.3 Å². The van der Waals surface area contributed by atoms with E-state index in [1.165, 1.54) is 17.0 Å². The van der Waals surface area contributed by atoms with Crippen LogP contribution in [0.1, 0.15) is 5.56 Å². The average molecular weight is 380 g/mol. The molecule has 0 aliphatic rings. The van der Waals surface area contributed by atoms with Crippen LogP contribution in [-0.2, 0) is 0 Å². The number of hydrogen-bond acceptors (Lipinski definition) is 6. The average Bonchev–Trinajstić information content (AvgIpc) is 3.17. The summed E-state index contributed by atoms with van der Waals surface area (Å²) >= 11 is 0. The van der Waals surface area contributed by atoms with Crippen molar-refractivity contribution in [2.24, 2.45) is 0 Å². The van der Waals surface area contributed by atoms with Crippen LogP contribution in [0.15, 0.2) is 71.9 Å². The van der Waals surface area contributed by atoms with Crippen molar-refractivity contribution in [1.82, 2.24) is 24.5 Å². The molecule has 0 saturated heterocycles. The van der Waals surface area contributed by atoms with Crippen molar-refractivity contribution >= 4 is 22.1 Å². The highest BCUT2D eigenvalue weighted by Gasteiger charge is 2.13. The first-order valence-electron chi connectivity index (χ1n) is 8.72. The van der Waals surface area contributed by atoms with Crippen molar-refractivity contribution in [3.05, 3.63) is 83.0 Å². The zero-order valence-electron chi connectivity index (χ0n) is 14.9. The van der Waals surface area contributed by atoms with E-state index in [0.29, 0.717) is 33.7 Å². The summed E-state index contributed by atoms with van der Waals surface area (Å²) in [7, 11) is 0. The van der Waals surface area contributed by atoms with Crippen molar-refractivity contribution in [3.63, 3.8) is 0 Å². The molecule has 138 valence electrons. The van der Waals surface area contributed by atoms with Crippen LogP contribution in [0.2, 0.25) is 0 Å². The Hall–Kier alpha value is -4.51. The van der Waals surface area contributed by atoms with Crippen LogP contribution in [0.25, 0.3) is 27.8 Å². The summed E-state index contributed by atoms with van der Waals surface area (Å²) in [5.74, 6) is 0.626. The van der Waals surface area contributed by atoms with E-state index in [1.807, 2.05) is 36.4 Å². The summed E-state index contributed by atoms with van der Waals surface area (Å²) in [6, 6.07) is 16.9. The molecule has 1 N–H and O–H groups in total. The third-order valence-electron chi connectivity index (χ3n) is 4.46. The zero-order valence-corrected chi connectivity index (χ0v) is 14.9. The summed E-state index contributed by atoms with van der Waals surface area (Å²) in [6.07, 6.45) is 4.41. The van der Waals surface area contributed by atoms with E-state index in [0.717, 1.165) is 5.39 Å². The minimum absolute atomic E-state index is 0.201. The molecule has 0 aliphatic carbocycles. The quantitative estimate of drug-likeness (QED) is 0.514. The van der Waals surface area contributed by atoms with Gasteiger partial charge in [-0.2, -0.15) is 10.2 Å². The van der Waals surface area contributed by atoms with Crippen LogP contribution in [0.4, 0.5) is 0 Å². The second kappa shape index (κ2) is 6.58. The second-order valence-corrected chi connectivity index (χ2v) is 6.25. The van der Waals surface area contributed by atoms with Crippen molar-refractivity contribution in [3.8, 4) is 23.5 Å². The molecule has 0 saturated carbocycles. The molecule has 0 fully saturated rings. The van der Waals surface area contributed by atoms with Crippen LogP contribution >= 0.6 is 0 Å². The van der Waals surface area contributed by atoms with Gasteiger partial charge in [0.15, 0.2) is 5.65 Å². The molecule has 8 nitrogen and oxygen atoms in total. The first kappa shape index (κ1) is 16.6. The number of hydrogen-bond donors (Lipinski definition) is 1. The fraction of sp³-hybridized carbons (Fsp3) is 0. The maximum Gasteiger partial charge on any atom is 0.322 e. The topological polar surface area (TPSA) is 109 Å². The van der Waals surface area contributed by atoms with Gasteiger partial charge in [0.1, 0.15) is 17.3 Å². The lowest BCUT2D eigenvalue weighted by Crippen LogP contribution is -2.18. The molecule has 29 heavy (non-hydrogen) atoms.